The lowest BCUT2D eigenvalue weighted by Gasteiger charge is -2.12. The number of sulfonamides is 1. The molecule has 11 heteroatoms. The molecule has 4 rings (SSSR count). The van der Waals surface area contributed by atoms with Crippen LogP contribution in [-0.4, -0.2) is 40.3 Å². The minimum Gasteiger partial charge on any atom is -0.480 e. The van der Waals surface area contributed by atoms with Gasteiger partial charge >= 0.3 is 0 Å². The average Bonchev–Trinajstić information content (AvgIpc) is 3.19. The second-order valence-corrected chi connectivity index (χ2v) is 10.0. The zero-order valence-electron chi connectivity index (χ0n) is 18.9. The van der Waals surface area contributed by atoms with E-state index in [2.05, 4.69) is 36.8 Å². The summed E-state index contributed by atoms with van der Waals surface area (Å²) in [5, 5.41) is 12.7. The molecule has 34 heavy (non-hydrogen) atoms. The zero-order chi connectivity index (χ0) is 24.5. The Morgan fingerprint density at radius 3 is 2.50 bits per heavy atom. The predicted molar refractivity (Wildman–Crippen MR) is 124 cm³/mol. The Morgan fingerprint density at radius 1 is 1.09 bits per heavy atom. The van der Waals surface area contributed by atoms with Crippen LogP contribution in [0.15, 0.2) is 53.6 Å². The molecule has 0 aliphatic rings. The molecule has 0 saturated carbocycles. The monoisotopic (exact) mass is 480 g/mol. The van der Waals surface area contributed by atoms with Crippen molar-refractivity contribution in [3.63, 3.8) is 0 Å². The maximum atomic E-state index is 13.2. The van der Waals surface area contributed by atoms with Crippen LogP contribution < -0.4 is 9.46 Å². The van der Waals surface area contributed by atoms with Gasteiger partial charge in [0, 0.05) is 17.2 Å². The molecule has 1 aromatic carbocycles. The molecule has 0 amide bonds. The quantitative estimate of drug-likeness (QED) is 0.435. The van der Waals surface area contributed by atoms with Gasteiger partial charge < -0.3 is 4.74 Å². The number of ether oxygens (including phenoxy) is 1. The molecule has 0 atom stereocenters. The Bertz CT molecular complexity index is 1530. The molecule has 1 N–H and O–H groups in total. The number of hydrogen-bond donors (Lipinski definition) is 1. The molecule has 0 unspecified atom stereocenters. The van der Waals surface area contributed by atoms with Crippen LogP contribution in [0.3, 0.4) is 0 Å². The largest absolute Gasteiger partial charge is 0.480 e. The normalized spacial score (nSPS) is 11.7. The van der Waals surface area contributed by atoms with E-state index in [4.69, 9.17) is 4.74 Å². The van der Waals surface area contributed by atoms with E-state index < -0.39 is 15.8 Å². The topological polar surface area (TPSA) is 111 Å². The smallest absolute Gasteiger partial charge is 0.262 e. The molecule has 0 saturated heterocycles. The van der Waals surface area contributed by atoms with Crippen LogP contribution in [0.25, 0.3) is 16.9 Å². The standard InChI is InChI=1S/C23H21FN6O3S/c1-23(2,3)12-11-21-27-26-20-10-9-18(28-30(20)21)15-13-19(22(33-4)25-14-15)29-34(31,32)17-7-5-16(24)6-8-17/h5-10,13-14,29H,1-4H3. The molecular formula is C23H21FN6O3S. The van der Waals surface area contributed by atoms with E-state index in [1.54, 1.807) is 18.2 Å². The fraction of sp³-hybridized carbons (Fsp3) is 0.217. The summed E-state index contributed by atoms with van der Waals surface area (Å²) < 4.78 is 48.0. The van der Waals surface area contributed by atoms with Gasteiger partial charge in [-0.15, -0.1) is 10.2 Å². The van der Waals surface area contributed by atoms with Crippen LogP contribution in [-0.2, 0) is 10.0 Å². The van der Waals surface area contributed by atoms with E-state index in [0.29, 0.717) is 22.7 Å². The highest BCUT2D eigenvalue weighted by atomic mass is 32.2. The highest BCUT2D eigenvalue weighted by molar-refractivity contribution is 7.92. The average molecular weight is 481 g/mol. The van der Waals surface area contributed by atoms with Gasteiger partial charge in [-0.1, -0.05) is 5.92 Å². The summed E-state index contributed by atoms with van der Waals surface area (Å²) in [6.45, 7) is 5.96. The van der Waals surface area contributed by atoms with Crippen molar-refractivity contribution in [2.24, 2.45) is 5.41 Å². The summed E-state index contributed by atoms with van der Waals surface area (Å²) in [7, 11) is -2.64. The Morgan fingerprint density at radius 2 is 1.82 bits per heavy atom. The molecule has 0 spiro atoms. The number of nitrogens with zero attached hydrogens (tertiary/aromatic N) is 5. The summed E-state index contributed by atoms with van der Waals surface area (Å²) in [6, 6.07) is 9.47. The number of methoxy groups -OCH3 is 1. The predicted octanol–water partition coefficient (Wildman–Crippen LogP) is 3.53. The van der Waals surface area contributed by atoms with Crippen molar-refractivity contribution in [3.05, 3.63) is 60.3 Å². The van der Waals surface area contributed by atoms with Crippen molar-refractivity contribution in [1.82, 2.24) is 24.8 Å². The van der Waals surface area contributed by atoms with Gasteiger partial charge in [-0.3, -0.25) is 4.72 Å². The number of halogens is 1. The number of fused-ring (bicyclic) bond motifs is 1. The SMILES string of the molecule is COc1ncc(-c2ccc3nnc(C#CC(C)(C)C)n3n2)cc1NS(=O)(=O)c1ccc(F)cc1. The highest BCUT2D eigenvalue weighted by Gasteiger charge is 2.19. The summed E-state index contributed by atoms with van der Waals surface area (Å²) in [4.78, 5) is 4.10. The van der Waals surface area contributed by atoms with Crippen LogP contribution in [0, 0.1) is 23.1 Å². The molecule has 9 nitrogen and oxygen atoms in total. The van der Waals surface area contributed by atoms with Gasteiger partial charge in [-0.25, -0.2) is 17.8 Å². The molecule has 174 valence electrons. The van der Waals surface area contributed by atoms with Crippen molar-refractivity contribution < 1.29 is 17.5 Å². The van der Waals surface area contributed by atoms with Crippen LogP contribution in [0.1, 0.15) is 26.6 Å². The van der Waals surface area contributed by atoms with Crippen LogP contribution in [0.5, 0.6) is 5.88 Å². The van der Waals surface area contributed by atoms with E-state index in [1.165, 1.54) is 30.0 Å². The molecule has 3 heterocycles. The number of rotatable bonds is 5. The first kappa shape index (κ1) is 23.1. The van der Waals surface area contributed by atoms with E-state index in [9.17, 15) is 12.8 Å². The maximum Gasteiger partial charge on any atom is 0.262 e. The van der Waals surface area contributed by atoms with Crippen molar-refractivity contribution in [2.45, 2.75) is 25.7 Å². The van der Waals surface area contributed by atoms with Gasteiger partial charge in [0.1, 0.15) is 11.5 Å². The first-order valence-corrected chi connectivity index (χ1v) is 11.6. The molecule has 0 fully saturated rings. The van der Waals surface area contributed by atoms with Crippen LogP contribution in [0.2, 0.25) is 0 Å². The second-order valence-electron chi connectivity index (χ2n) is 8.35. The van der Waals surface area contributed by atoms with Crippen molar-refractivity contribution >= 4 is 21.4 Å². The number of benzene rings is 1. The van der Waals surface area contributed by atoms with Crippen LogP contribution in [0.4, 0.5) is 10.1 Å². The fourth-order valence-electron chi connectivity index (χ4n) is 2.91. The minimum atomic E-state index is -4.02. The van der Waals surface area contributed by atoms with E-state index in [1.807, 2.05) is 20.8 Å². The van der Waals surface area contributed by atoms with Crippen molar-refractivity contribution in [3.8, 4) is 29.0 Å². The molecule has 0 bridgehead atoms. The first-order chi connectivity index (χ1) is 16.1. The summed E-state index contributed by atoms with van der Waals surface area (Å²) in [6.07, 6.45) is 1.51. The van der Waals surface area contributed by atoms with Gasteiger partial charge in [0.05, 0.1) is 17.7 Å². The Balaban J connectivity index is 1.74. The maximum absolute atomic E-state index is 13.2. The van der Waals surface area contributed by atoms with Gasteiger partial charge in [-0.2, -0.15) is 9.61 Å². The summed E-state index contributed by atoms with van der Waals surface area (Å²) in [5.41, 5.74) is 1.40. The number of aromatic nitrogens is 5. The lowest BCUT2D eigenvalue weighted by molar-refractivity contribution is 0.400. The number of pyridine rings is 1. The van der Waals surface area contributed by atoms with E-state index in [0.717, 1.165) is 12.1 Å². The minimum absolute atomic E-state index is 0.0662. The third kappa shape index (κ3) is 4.97. The van der Waals surface area contributed by atoms with Crippen LogP contribution >= 0.6 is 0 Å². The van der Waals surface area contributed by atoms with Gasteiger partial charge in [0.15, 0.2) is 5.65 Å². The highest BCUT2D eigenvalue weighted by Crippen LogP contribution is 2.29. The van der Waals surface area contributed by atoms with E-state index >= 15 is 0 Å². The summed E-state index contributed by atoms with van der Waals surface area (Å²) in [5.74, 6) is 6.00. The number of hydrogen-bond acceptors (Lipinski definition) is 7. The molecular weight excluding hydrogens is 459 g/mol. The fourth-order valence-corrected chi connectivity index (χ4v) is 3.96. The van der Waals surface area contributed by atoms with E-state index in [-0.39, 0.29) is 21.9 Å². The molecule has 0 aliphatic carbocycles. The Labute approximate surface area is 196 Å². The third-order valence-corrected chi connectivity index (χ3v) is 5.90. The Hall–Kier alpha value is -4.04. The molecule has 0 radical (unpaired) electrons. The lowest BCUT2D eigenvalue weighted by Crippen LogP contribution is -2.14. The lowest BCUT2D eigenvalue weighted by atomic mass is 9.98. The third-order valence-electron chi connectivity index (χ3n) is 4.52. The molecule has 0 aliphatic heterocycles. The second kappa shape index (κ2) is 8.72. The van der Waals surface area contributed by atoms with Gasteiger partial charge in [0.25, 0.3) is 10.0 Å². The molecule has 4 aromatic rings. The Kier molecular flexibility index (Phi) is 5.93. The van der Waals surface area contributed by atoms with Crippen molar-refractivity contribution in [1.29, 1.82) is 0 Å². The zero-order valence-corrected chi connectivity index (χ0v) is 19.7. The van der Waals surface area contributed by atoms with Gasteiger partial charge in [0.2, 0.25) is 11.7 Å². The summed E-state index contributed by atoms with van der Waals surface area (Å²) >= 11 is 0. The number of nitrogens with one attached hydrogen (secondary N) is 1. The van der Waals surface area contributed by atoms with Crippen molar-refractivity contribution in [2.75, 3.05) is 11.8 Å². The molecule has 3 aromatic heterocycles. The number of anilines is 1. The van der Waals surface area contributed by atoms with Gasteiger partial charge in [-0.05, 0) is 69.2 Å². The first-order valence-electron chi connectivity index (χ1n) is 10.1.